The summed E-state index contributed by atoms with van der Waals surface area (Å²) in [4.78, 5) is 22.5. The van der Waals surface area contributed by atoms with Crippen molar-refractivity contribution in [3.8, 4) is 11.5 Å². The molecule has 1 aromatic carbocycles. The molecule has 2 amide bonds. The van der Waals surface area contributed by atoms with Gasteiger partial charge in [0.25, 0.3) is 0 Å². The maximum absolute atomic E-state index is 11.6. The van der Waals surface area contributed by atoms with E-state index in [1.807, 2.05) is 6.07 Å². The fourth-order valence-corrected chi connectivity index (χ4v) is 2.24. The molecule has 0 aliphatic heterocycles. The molecule has 0 heterocycles. The zero-order chi connectivity index (χ0) is 15.8. The van der Waals surface area contributed by atoms with E-state index in [4.69, 9.17) is 15.2 Å². The van der Waals surface area contributed by atoms with Crippen LogP contribution in [-0.2, 0) is 16.1 Å². The van der Waals surface area contributed by atoms with Crippen molar-refractivity contribution in [1.29, 1.82) is 0 Å². The minimum absolute atomic E-state index is 0. The van der Waals surface area contributed by atoms with Crippen LogP contribution in [0.25, 0.3) is 0 Å². The minimum Gasteiger partial charge on any atom is -0.493 e. The number of rotatable bonds is 7. The second kappa shape index (κ2) is 10.3. The lowest BCUT2D eigenvalue weighted by atomic mass is 10.2. The topological polar surface area (TPSA) is 103 Å². The number of ether oxygens (including phenoxy) is 2. The Balaban J connectivity index is 0.00000441. The summed E-state index contributed by atoms with van der Waals surface area (Å²) in [5, 5.41) is 5.07. The summed E-state index contributed by atoms with van der Waals surface area (Å²) in [5.41, 5.74) is 5.96. The molecule has 0 aliphatic rings. The van der Waals surface area contributed by atoms with E-state index < -0.39 is 0 Å². The molecule has 0 radical (unpaired) electrons. The molecule has 0 saturated heterocycles. The quantitative estimate of drug-likeness (QED) is 0.625. The van der Waals surface area contributed by atoms with Gasteiger partial charge in [-0.05, 0) is 33.6 Å². The van der Waals surface area contributed by atoms with E-state index in [2.05, 4.69) is 26.6 Å². The SMILES string of the molecule is COc1cc(CNC(=O)CNC(=O)CN)cc(Br)c1OC.Cl. The van der Waals surface area contributed by atoms with Gasteiger partial charge in [-0.2, -0.15) is 0 Å². The predicted molar refractivity (Wildman–Crippen MR) is 88.4 cm³/mol. The Bertz CT molecular complexity index is 528. The van der Waals surface area contributed by atoms with Gasteiger partial charge in [-0.3, -0.25) is 9.59 Å². The van der Waals surface area contributed by atoms with Crippen molar-refractivity contribution >= 4 is 40.2 Å². The first-order valence-electron chi connectivity index (χ1n) is 6.15. The van der Waals surface area contributed by atoms with E-state index in [0.29, 0.717) is 18.0 Å². The van der Waals surface area contributed by atoms with E-state index in [-0.39, 0.29) is 37.3 Å². The Labute approximate surface area is 143 Å². The lowest BCUT2D eigenvalue weighted by molar-refractivity contribution is -0.125. The zero-order valence-corrected chi connectivity index (χ0v) is 14.7. The number of hydrogen-bond acceptors (Lipinski definition) is 5. The third-order valence-corrected chi connectivity index (χ3v) is 3.20. The smallest absolute Gasteiger partial charge is 0.239 e. The van der Waals surface area contributed by atoms with Crippen LogP contribution in [0.15, 0.2) is 16.6 Å². The lowest BCUT2D eigenvalue weighted by Gasteiger charge is -2.12. The molecular weight excluding hydrogens is 378 g/mol. The summed E-state index contributed by atoms with van der Waals surface area (Å²) in [5.74, 6) is 0.470. The second-order valence-corrected chi connectivity index (χ2v) is 4.93. The first-order chi connectivity index (χ1) is 10.0. The molecule has 4 N–H and O–H groups in total. The molecule has 1 aromatic rings. The molecule has 0 saturated carbocycles. The maximum Gasteiger partial charge on any atom is 0.239 e. The van der Waals surface area contributed by atoms with Crippen molar-refractivity contribution in [3.63, 3.8) is 0 Å². The van der Waals surface area contributed by atoms with E-state index in [1.165, 1.54) is 7.11 Å². The third-order valence-electron chi connectivity index (χ3n) is 2.61. The van der Waals surface area contributed by atoms with Gasteiger partial charge in [-0.1, -0.05) is 0 Å². The van der Waals surface area contributed by atoms with E-state index in [9.17, 15) is 9.59 Å². The third kappa shape index (κ3) is 6.08. The highest BCUT2D eigenvalue weighted by Gasteiger charge is 2.11. The fraction of sp³-hybridized carbons (Fsp3) is 0.385. The molecule has 0 spiro atoms. The predicted octanol–water partition coefficient (Wildman–Crippen LogP) is 0.579. The van der Waals surface area contributed by atoms with Gasteiger partial charge < -0.3 is 25.8 Å². The number of amides is 2. The number of nitrogens with two attached hydrogens (primary N) is 1. The summed E-state index contributed by atoms with van der Waals surface area (Å²) in [6.45, 7) is 0.0523. The van der Waals surface area contributed by atoms with Gasteiger partial charge in [0, 0.05) is 6.54 Å². The monoisotopic (exact) mass is 395 g/mol. The molecule has 22 heavy (non-hydrogen) atoms. The Morgan fingerprint density at radius 2 is 1.86 bits per heavy atom. The van der Waals surface area contributed by atoms with Crippen LogP contribution in [0.2, 0.25) is 0 Å². The van der Waals surface area contributed by atoms with Crippen LogP contribution in [0, 0.1) is 0 Å². The van der Waals surface area contributed by atoms with Crippen LogP contribution in [-0.4, -0.2) is 39.1 Å². The normalized spacial score (nSPS) is 9.45. The number of hydrogen-bond donors (Lipinski definition) is 3. The zero-order valence-electron chi connectivity index (χ0n) is 12.3. The summed E-state index contributed by atoms with van der Waals surface area (Å²) in [6, 6.07) is 3.59. The fourth-order valence-electron chi connectivity index (χ4n) is 1.59. The van der Waals surface area contributed by atoms with Crippen molar-refractivity contribution in [1.82, 2.24) is 10.6 Å². The van der Waals surface area contributed by atoms with Crippen LogP contribution in [0.5, 0.6) is 11.5 Å². The van der Waals surface area contributed by atoms with Crippen LogP contribution in [0.4, 0.5) is 0 Å². The van der Waals surface area contributed by atoms with Gasteiger partial charge in [0.1, 0.15) is 0 Å². The molecule has 0 atom stereocenters. The number of carbonyl (C=O) groups is 2. The molecule has 1 rings (SSSR count). The molecule has 124 valence electrons. The minimum atomic E-state index is -0.376. The second-order valence-electron chi connectivity index (χ2n) is 4.07. The van der Waals surface area contributed by atoms with E-state index in [0.717, 1.165) is 10.0 Å². The summed E-state index contributed by atoms with van der Waals surface area (Å²) in [7, 11) is 3.08. The summed E-state index contributed by atoms with van der Waals surface area (Å²) < 4.78 is 11.2. The van der Waals surface area contributed by atoms with E-state index in [1.54, 1.807) is 13.2 Å². The van der Waals surface area contributed by atoms with Crippen molar-refractivity contribution in [2.45, 2.75) is 6.54 Å². The number of halogens is 2. The first-order valence-corrected chi connectivity index (χ1v) is 6.95. The number of benzene rings is 1. The highest BCUT2D eigenvalue weighted by atomic mass is 79.9. The van der Waals surface area contributed by atoms with Crippen LogP contribution < -0.4 is 25.8 Å². The summed E-state index contributed by atoms with van der Waals surface area (Å²) >= 11 is 3.38. The first kappa shape index (κ1) is 20.5. The Hall–Kier alpha value is -1.51. The number of methoxy groups -OCH3 is 2. The summed E-state index contributed by atoms with van der Waals surface area (Å²) in [6.07, 6.45) is 0. The van der Waals surface area contributed by atoms with Crippen molar-refractivity contribution in [3.05, 3.63) is 22.2 Å². The highest BCUT2D eigenvalue weighted by molar-refractivity contribution is 9.10. The van der Waals surface area contributed by atoms with Gasteiger partial charge in [0.05, 0.1) is 31.8 Å². The molecule has 0 bridgehead atoms. The molecule has 0 aliphatic carbocycles. The van der Waals surface area contributed by atoms with E-state index >= 15 is 0 Å². The van der Waals surface area contributed by atoms with Gasteiger partial charge in [0.2, 0.25) is 11.8 Å². The van der Waals surface area contributed by atoms with Gasteiger partial charge in [0.15, 0.2) is 11.5 Å². The van der Waals surface area contributed by atoms with Crippen molar-refractivity contribution < 1.29 is 19.1 Å². The Morgan fingerprint density at radius 3 is 2.41 bits per heavy atom. The molecule has 0 unspecified atom stereocenters. The van der Waals surface area contributed by atoms with Gasteiger partial charge >= 0.3 is 0 Å². The van der Waals surface area contributed by atoms with Gasteiger partial charge in [-0.15, -0.1) is 12.4 Å². The largest absolute Gasteiger partial charge is 0.493 e. The van der Waals surface area contributed by atoms with Crippen LogP contribution in [0.1, 0.15) is 5.56 Å². The average Bonchev–Trinajstić information content (AvgIpc) is 2.49. The van der Waals surface area contributed by atoms with Crippen LogP contribution in [0.3, 0.4) is 0 Å². The molecule has 9 heteroatoms. The Kier molecular flexibility index (Phi) is 9.55. The highest BCUT2D eigenvalue weighted by Crippen LogP contribution is 2.36. The molecule has 0 fully saturated rings. The number of carbonyl (C=O) groups excluding carboxylic acids is 2. The maximum atomic E-state index is 11.6. The van der Waals surface area contributed by atoms with Crippen LogP contribution >= 0.6 is 28.3 Å². The van der Waals surface area contributed by atoms with Crippen molar-refractivity contribution in [2.75, 3.05) is 27.3 Å². The number of nitrogens with one attached hydrogen (secondary N) is 2. The molecule has 0 aromatic heterocycles. The standard InChI is InChI=1S/C13H18BrN3O4.ClH/c1-20-10-4-8(3-9(14)13(10)21-2)6-16-12(19)7-17-11(18)5-15;/h3-4H,5-7,15H2,1-2H3,(H,16,19)(H,17,18);1H. The molecule has 7 nitrogen and oxygen atoms in total. The lowest BCUT2D eigenvalue weighted by Crippen LogP contribution is -2.39. The van der Waals surface area contributed by atoms with Gasteiger partial charge in [-0.25, -0.2) is 0 Å². The average molecular weight is 397 g/mol. The van der Waals surface area contributed by atoms with Crippen molar-refractivity contribution in [2.24, 2.45) is 5.73 Å². The Morgan fingerprint density at radius 1 is 1.18 bits per heavy atom. The molecular formula is C13H19BrClN3O4.